The van der Waals surface area contributed by atoms with Gasteiger partial charge in [0.05, 0.1) is 10.7 Å². The minimum absolute atomic E-state index is 0.131. The van der Waals surface area contributed by atoms with Gasteiger partial charge in [0.15, 0.2) is 0 Å². The van der Waals surface area contributed by atoms with E-state index in [0.717, 1.165) is 6.42 Å². The molecule has 5 heteroatoms. The molecule has 1 atom stereocenters. The SMILES string of the molecule is CCC(C)NC(=O)Nc1ccc(Cl)cc1Cl. The molecule has 0 aromatic heterocycles. The molecular formula is C11H14Cl2N2O. The van der Waals surface area contributed by atoms with E-state index < -0.39 is 0 Å². The fraction of sp³-hybridized carbons (Fsp3) is 0.364. The van der Waals surface area contributed by atoms with Gasteiger partial charge in [-0.05, 0) is 31.5 Å². The molecule has 1 aromatic rings. The molecule has 2 N–H and O–H groups in total. The van der Waals surface area contributed by atoms with Crippen LogP contribution in [0.4, 0.5) is 10.5 Å². The van der Waals surface area contributed by atoms with Gasteiger partial charge in [0, 0.05) is 11.1 Å². The Hall–Kier alpha value is -0.930. The van der Waals surface area contributed by atoms with Crippen LogP contribution in [0.15, 0.2) is 18.2 Å². The largest absolute Gasteiger partial charge is 0.335 e. The second-order valence-electron chi connectivity index (χ2n) is 3.53. The number of carbonyl (C=O) groups is 1. The van der Waals surface area contributed by atoms with Crippen molar-refractivity contribution in [3.05, 3.63) is 28.2 Å². The lowest BCUT2D eigenvalue weighted by Crippen LogP contribution is -2.35. The lowest BCUT2D eigenvalue weighted by Gasteiger charge is -2.13. The van der Waals surface area contributed by atoms with Crippen molar-refractivity contribution in [2.45, 2.75) is 26.3 Å². The second-order valence-corrected chi connectivity index (χ2v) is 4.38. The van der Waals surface area contributed by atoms with Gasteiger partial charge in [0.2, 0.25) is 0 Å². The highest BCUT2D eigenvalue weighted by atomic mass is 35.5. The van der Waals surface area contributed by atoms with Crippen molar-refractivity contribution >= 4 is 34.9 Å². The Morgan fingerprint density at radius 2 is 2.12 bits per heavy atom. The third kappa shape index (κ3) is 3.91. The predicted molar refractivity (Wildman–Crippen MR) is 68.4 cm³/mol. The lowest BCUT2D eigenvalue weighted by atomic mass is 10.3. The van der Waals surface area contributed by atoms with Gasteiger partial charge in [-0.15, -0.1) is 0 Å². The van der Waals surface area contributed by atoms with E-state index in [-0.39, 0.29) is 12.1 Å². The molecule has 2 amide bonds. The van der Waals surface area contributed by atoms with E-state index in [9.17, 15) is 4.79 Å². The zero-order valence-electron chi connectivity index (χ0n) is 9.18. The number of carbonyl (C=O) groups excluding carboxylic acids is 1. The highest BCUT2D eigenvalue weighted by Crippen LogP contribution is 2.25. The van der Waals surface area contributed by atoms with Gasteiger partial charge in [-0.25, -0.2) is 4.79 Å². The summed E-state index contributed by atoms with van der Waals surface area (Å²) in [7, 11) is 0. The van der Waals surface area contributed by atoms with Crippen LogP contribution in [0.1, 0.15) is 20.3 Å². The van der Waals surface area contributed by atoms with Crippen molar-refractivity contribution < 1.29 is 4.79 Å². The van der Waals surface area contributed by atoms with Crippen LogP contribution in [0, 0.1) is 0 Å². The van der Waals surface area contributed by atoms with E-state index in [4.69, 9.17) is 23.2 Å². The summed E-state index contributed by atoms with van der Waals surface area (Å²) in [6, 6.07) is 4.79. The first-order valence-electron chi connectivity index (χ1n) is 5.05. The lowest BCUT2D eigenvalue weighted by molar-refractivity contribution is 0.249. The third-order valence-corrected chi connectivity index (χ3v) is 2.72. The maximum atomic E-state index is 11.5. The minimum atomic E-state index is -0.265. The van der Waals surface area contributed by atoms with Crippen LogP contribution in [0.2, 0.25) is 10.0 Å². The van der Waals surface area contributed by atoms with Crippen molar-refractivity contribution in [2.75, 3.05) is 5.32 Å². The van der Waals surface area contributed by atoms with Crippen molar-refractivity contribution in [1.82, 2.24) is 5.32 Å². The molecule has 0 saturated heterocycles. The summed E-state index contributed by atoms with van der Waals surface area (Å²) in [6.07, 6.45) is 0.877. The molecule has 1 aromatic carbocycles. The molecule has 0 saturated carbocycles. The first kappa shape index (κ1) is 13.1. The minimum Gasteiger partial charge on any atom is -0.335 e. The van der Waals surface area contributed by atoms with Crippen LogP contribution in [0.5, 0.6) is 0 Å². The fourth-order valence-corrected chi connectivity index (χ4v) is 1.53. The van der Waals surface area contributed by atoms with Gasteiger partial charge in [-0.1, -0.05) is 30.1 Å². The highest BCUT2D eigenvalue weighted by molar-refractivity contribution is 6.36. The predicted octanol–water partition coefficient (Wildman–Crippen LogP) is 3.91. The van der Waals surface area contributed by atoms with E-state index in [2.05, 4.69) is 10.6 Å². The Kier molecular flexibility index (Phi) is 4.90. The number of rotatable bonds is 3. The van der Waals surface area contributed by atoms with Gasteiger partial charge >= 0.3 is 6.03 Å². The zero-order valence-corrected chi connectivity index (χ0v) is 10.7. The number of halogens is 2. The standard InChI is InChI=1S/C11H14Cl2N2O/c1-3-7(2)14-11(16)15-10-5-4-8(12)6-9(10)13/h4-7H,3H2,1-2H3,(H2,14,15,16). The molecule has 16 heavy (non-hydrogen) atoms. The molecule has 0 aliphatic rings. The van der Waals surface area contributed by atoms with Crippen LogP contribution >= 0.6 is 23.2 Å². The topological polar surface area (TPSA) is 41.1 Å². The monoisotopic (exact) mass is 260 g/mol. The summed E-state index contributed by atoms with van der Waals surface area (Å²) >= 11 is 11.7. The molecule has 3 nitrogen and oxygen atoms in total. The molecule has 88 valence electrons. The average Bonchev–Trinajstić information content (AvgIpc) is 2.22. The molecule has 0 aliphatic carbocycles. The normalized spacial score (nSPS) is 12.0. The maximum absolute atomic E-state index is 11.5. The molecule has 0 bridgehead atoms. The average molecular weight is 261 g/mol. The van der Waals surface area contributed by atoms with Gasteiger partial charge in [0.1, 0.15) is 0 Å². The second kappa shape index (κ2) is 5.97. The van der Waals surface area contributed by atoms with Crippen molar-refractivity contribution in [3.63, 3.8) is 0 Å². The van der Waals surface area contributed by atoms with E-state index in [1.165, 1.54) is 0 Å². The summed E-state index contributed by atoms with van der Waals surface area (Å²) in [5.74, 6) is 0. The third-order valence-electron chi connectivity index (χ3n) is 2.17. The first-order valence-corrected chi connectivity index (χ1v) is 5.81. The first-order chi connectivity index (χ1) is 7.52. The number of urea groups is 1. The van der Waals surface area contributed by atoms with Gasteiger partial charge < -0.3 is 10.6 Å². The molecule has 0 spiro atoms. The zero-order chi connectivity index (χ0) is 12.1. The van der Waals surface area contributed by atoms with Crippen molar-refractivity contribution in [1.29, 1.82) is 0 Å². The van der Waals surface area contributed by atoms with E-state index >= 15 is 0 Å². The summed E-state index contributed by atoms with van der Waals surface area (Å²) in [5.41, 5.74) is 0.548. The summed E-state index contributed by atoms with van der Waals surface area (Å²) < 4.78 is 0. The van der Waals surface area contributed by atoms with E-state index in [1.54, 1.807) is 18.2 Å². The molecule has 0 fully saturated rings. The number of benzene rings is 1. The number of amides is 2. The smallest absolute Gasteiger partial charge is 0.319 e. The van der Waals surface area contributed by atoms with Crippen LogP contribution in [-0.2, 0) is 0 Å². The number of hydrogen-bond acceptors (Lipinski definition) is 1. The summed E-state index contributed by atoms with van der Waals surface area (Å²) in [5, 5.41) is 6.40. The maximum Gasteiger partial charge on any atom is 0.319 e. The summed E-state index contributed by atoms with van der Waals surface area (Å²) in [4.78, 5) is 11.5. The molecule has 0 radical (unpaired) electrons. The molecule has 1 rings (SSSR count). The highest BCUT2D eigenvalue weighted by Gasteiger charge is 2.07. The Bertz CT molecular complexity index is 382. The van der Waals surface area contributed by atoms with Crippen LogP contribution in [0.25, 0.3) is 0 Å². The Morgan fingerprint density at radius 1 is 1.44 bits per heavy atom. The Labute approximate surface area is 105 Å². The van der Waals surface area contributed by atoms with Gasteiger partial charge in [-0.2, -0.15) is 0 Å². The van der Waals surface area contributed by atoms with Crippen LogP contribution in [0.3, 0.4) is 0 Å². The molecule has 0 heterocycles. The van der Waals surface area contributed by atoms with Gasteiger partial charge in [0.25, 0.3) is 0 Å². The molecular weight excluding hydrogens is 247 g/mol. The summed E-state index contributed by atoms with van der Waals surface area (Å²) in [6.45, 7) is 3.93. The van der Waals surface area contributed by atoms with Crippen molar-refractivity contribution in [3.8, 4) is 0 Å². The number of hydrogen-bond donors (Lipinski definition) is 2. The van der Waals surface area contributed by atoms with Crippen LogP contribution < -0.4 is 10.6 Å². The van der Waals surface area contributed by atoms with Gasteiger partial charge in [-0.3, -0.25) is 0 Å². The van der Waals surface area contributed by atoms with Crippen LogP contribution in [-0.4, -0.2) is 12.1 Å². The Morgan fingerprint density at radius 3 is 2.69 bits per heavy atom. The van der Waals surface area contributed by atoms with E-state index in [1.807, 2.05) is 13.8 Å². The van der Waals surface area contributed by atoms with Crippen molar-refractivity contribution in [2.24, 2.45) is 0 Å². The number of nitrogens with one attached hydrogen (secondary N) is 2. The Balaban J connectivity index is 2.63. The molecule has 1 unspecified atom stereocenters. The molecule has 0 aliphatic heterocycles. The number of anilines is 1. The fourth-order valence-electron chi connectivity index (χ4n) is 1.08. The quantitative estimate of drug-likeness (QED) is 0.850. The van der Waals surface area contributed by atoms with E-state index in [0.29, 0.717) is 15.7 Å².